The summed E-state index contributed by atoms with van der Waals surface area (Å²) in [4.78, 5) is 16.6. The van der Waals surface area contributed by atoms with Crippen LogP contribution < -0.4 is 9.47 Å². The van der Waals surface area contributed by atoms with E-state index in [0.717, 1.165) is 34.7 Å². The van der Waals surface area contributed by atoms with Gasteiger partial charge in [-0.3, -0.25) is 0 Å². The maximum atomic E-state index is 13.0. The van der Waals surface area contributed by atoms with Gasteiger partial charge in [-0.2, -0.15) is 13.2 Å². The molecule has 0 bridgehead atoms. The molecular weight excluding hydrogens is 515 g/mol. The molecule has 198 valence electrons. The van der Waals surface area contributed by atoms with E-state index >= 15 is 0 Å². The molecule has 5 nitrogen and oxygen atoms in total. The van der Waals surface area contributed by atoms with E-state index in [0.29, 0.717) is 28.5 Å². The molecule has 3 aromatic carbocycles. The Labute approximate surface area is 222 Å². The molecule has 0 radical (unpaired) electrons. The normalized spacial score (nSPS) is 12.2. The number of aliphatic carboxylic acids is 1. The summed E-state index contributed by atoms with van der Waals surface area (Å²) in [5.74, 6) is -0.0428. The van der Waals surface area contributed by atoms with Crippen molar-refractivity contribution in [2.24, 2.45) is 0 Å². The van der Waals surface area contributed by atoms with Crippen LogP contribution in [0.15, 0.2) is 72.8 Å². The van der Waals surface area contributed by atoms with Gasteiger partial charge in [0, 0.05) is 10.4 Å². The summed E-state index contributed by atoms with van der Waals surface area (Å²) >= 11 is 1.45. The van der Waals surface area contributed by atoms with Crippen LogP contribution in [0.1, 0.15) is 40.3 Å². The summed E-state index contributed by atoms with van der Waals surface area (Å²) in [6, 6.07) is 20.2. The van der Waals surface area contributed by atoms with Gasteiger partial charge < -0.3 is 14.6 Å². The van der Waals surface area contributed by atoms with E-state index in [1.165, 1.54) is 29.0 Å². The molecule has 1 aromatic heterocycles. The van der Waals surface area contributed by atoms with Crippen LogP contribution in [-0.2, 0) is 23.8 Å². The predicted molar refractivity (Wildman–Crippen MR) is 140 cm³/mol. The van der Waals surface area contributed by atoms with Crippen LogP contribution in [0.25, 0.3) is 10.6 Å². The molecule has 9 heteroatoms. The number of benzene rings is 3. The summed E-state index contributed by atoms with van der Waals surface area (Å²) < 4.78 is 50.6. The summed E-state index contributed by atoms with van der Waals surface area (Å²) in [7, 11) is 0. The van der Waals surface area contributed by atoms with Crippen molar-refractivity contribution in [2.45, 2.75) is 39.0 Å². The molecule has 4 rings (SSSR count). The Morgan fingerprint density at radius 1 is 1.03 bits per heavy atom. The number of ether oxygens (including phenoxy) is 2. The standard InChI is InChI=1S/C29H26F3NO4S/c1-18-16-23(13-14-24(18)36-17-26(34)35)37-19(2)27-25(15-8-20-6-4-3-5-7-20)38-28(33-27)21-9-11-22(12-10-21)29(30,31)32/h3-7,9-14,16,19H,8,15,17H2,1-2H3,(H,34,35). The largest absolute Gasteiger partial charge is 0.484 e. The number of carboxylic acids is 1. The van der Waals surface area contributed by atoms with E-state index in [2.05, 4.69) is 0 Å². The van der Waals surface area contributed by atoms with Crippen molar-refractivity contribution in [3.8, 4) is 22.1 Å². The van der Waals surface area contributed by atoms with E-state index in [9.17, 15) is 18.0 Å². The van der Waals surface area contributed by atoms with Crippen molar-refractivity contribution < 1.29 is 32.5 Å². The number of aryl methyl sites for hydroxylation is 3. The van der Waals surface area contributed by atoms with Gasteiger partial charge in [0.05, 0.1) is 11.3 Å². The summed E-state index contributed by atoms with van der Waals surface area (Å²) in [5.41, 5.74) is 2.53. The van der Waals surface area contributed by atoms with Crippen LogP contribution >= 0.6 is 11.3 Å². The first-order valence-corrected chi connectivity index (χ1v) is 12.7. The Hall–Kier alpha value is -3.85. The van der Waals surface area contributed by atoms with Gasteiger partial charge in [0.25, 0.3) is 0 Å². The molecule has 0 aliphatic heterocycles. The van der Waals surface area contributed by atoms with Crippen molar-refractivity contribution in [1.29, 1.82) is 0 Å². The number of halogens is 3. The minimum absolute atomic E-state index is 0.437. The molecule has 4 aromatic rings. The molecule has 1 heterocycles. The second kappa shape index (κ2) is 11.7. The molecule has 1 atom stereocenters. The van der Waals surface area contributed by atoms with E-state index in [4.69, 9.17) is 19.6 Å². The molecular formula is C29H26F3NO4S. The van der Waals surface area contributed by atoms with Gasteiger partial charge in [-0.1, -0.05) is 42.5 Å². The van der Waals surface area contributed by atoms with Gasteiger partial charge in [0.2, 0.25) is 0 Å². The number of thiazole rings is 1. The number of carboxylic acid groups (broad SMARTS) is 1. The lowest BCUT2D eigenvalue weighted by atomic mass is 10.1. The lowest BCUT2D eigenvalue weighted by molar-refractivity contribution is -0.139. The Bertz CT molecular complexity index is 1390. The minimum Gasteiger partial charge on any atom is -0.484 e. The van der Waals surface area contributed by atoms with Crippen LogP contribution in [0.5, 0.6) is 11.5 Å². The zero-order chi connectivity index (χ0) is 27.3. The third-order valence-electron chi connectivity index (χ3n) is 5.87. The van der Waals surface area contributed by atoms with Crippen LogP contribution in [0.2, 0.25) is 0 Å². The van der Waals surface area contributed by atoms with Gasteiger partial charge in [-0.15, -0.1) is 11.3 Å². The number of hydrogen-bond donors (Lipinski definition) is 1. The van der Waals surface area contributed by atoms with Gasteiger partial charge in [-0.25, -0.2) is 9.78 Å². The van der Waals surface area contributed by atoms with Crippen molar-refractivity contribution in [3.63, 3.8) is 0 Å². The predicted octanol–water partition coefficient (Wildman–Crippen LogP) is 7.53. The van der Waals surface area contributed by atoms with Gasteiger partial charge >= 0.3 is 12.1 Å². The van der Waals surface area contributed by atoms with Crippen LogP contribution in [0.3, 0.4) is 0 Å². The maximum Gasteiger partial charge on any atom is 0.416 e. The lowest BCUT2D eigenvalue weighted by Gasteiger charge is -2.16. The fourth-order valence-electron chi connectivity index (χ4n) is 3.94. The van der Waals surface area contributed by atoms with Crippen molar-refractivity contribution in [1.82, 2.24) is 4.98 Å². The SMILES string of the molecule is Cc1cc(OC(C)c2nc(-c3ccc(C(F)(F)F)cc3)sc2CCc2ccccc2)ccc1OCC(=O)O. The van der Waals surface area contributed by atoms with Gasteiger partial charge in [-0.05, 0) is 68.1 Å². The highest BCUT2D eigenvalue weighted by Crippen LogP contribution is 2.36. The molecule has 0 fully saturated rings. The molecule has 0 saturated carbocycles. The number of rotatable bonds is 10. The third kappa shape index (κ3) is 6.92. The highest BCUT2D eigenvalue weighted by atomic mass is 32.1. The number of aromatic nitrogens is 1. The monoisotopic (exact) mass is 541 g/mol. The van der Waals surface area contributed by atoms with Crippen LogP contribution in [-0.4, -0.2) is 22.7 Å². The Balaban J connectivity index is 1.58. The number of hydrogen-bond acceptors (Lipinski definition) is 5. The second-order valence-corrected chi connectivity index (χ2v) is 9.84. The Morgan fingerprint density at radius 3 is 2.37 bits per heavy atom. The number of carbonyl (C=O) groups is 1. The molecule has 0 aliphatic rings. The number of nitrogens with zero attached hydrogens (tertiary/aromatic N) is 1. The molecule has 38 heavy (non-hydrogen) atoms. The summed E-state index contributed by atoms with van der Waals surface area (Å²) in [6.45, 7) is 3.24. The van der Waals surface area contributed by atoms with Gasteiger partial charge in [0.15, 0.2) is 6.61 Å². The average molecular weight is 542 g/mol. The quantitative estimate of drug-likeness (QED) is 0.225. The maximum absolute atomic E-state index is 13.0. The topological polar surface area (TPSA) is 68.7 Å². The minimum atomic E-state index is -4.40. The summed E-state index contributed by atoms with van der Waals surface area (Å²) in [6.07, 6.45) is -3.36. The molecule has 0 spiro atoms. The number of alkyl halides is 3. The molecule has 0 saturated heterocycles. The Kier molecular flexibility index (Phi) is 8.36. The second-order valence-electron chi connectivity index (χ2n) is 8.76. The summed E-state index contributed by atoms with van der Waals surface area (Å²) in [5, 5.41) is 9.46. The lowest BCUT2D eigenvalue weighted by Crippen LogP contribution is -2.10. The fourth-order valence-corrected chi connectivity index (χ4v) is 5.10. The van der Waals surface area contributed by atoms with E-state index in [1.54, 1.807) is 25.1 Å². The smallest absolute Gasteiger partial charge is 0.416 e. The van der Waals surface area contributed by atoms with Crippen molar-refractivity contribution in [2.75, 3.05) is 6.61 Å². The molecule has 0 aliphatic carbocycles. The van der Waals surface area contributed by atoms with Crippen LogP contribution in [0, 0.1) is 6.92 Å². The highest BCUT2D eigenvalue weighted by Gasteiger charge is 2.30. The molecule has 0 amide bonds. The van der Waals surface area contributed by atoms with E-state index in [-0.39, 0.29) is 0 Å². The Morgan fingerprint density at radius 2 is 1.74 bits per heavy atom. The molecule has 1 unspecified atom stereocenters. The zero-order valence-electron chi connectivity index (χ0n) is 20.8. The van der Waals surface area contributed by atoms with Crippen molar-refractivity contribution >= 4 is 17.3 Å². The first kappa shape index (κ1) is 27.2. The van der Waals surface area contributed by atoms with E-state index in [1.807, 2.05) is 37.3 Å². The first-order chi connectivity index (χ1) is 18.1. The average Bonchev–Trinajstić information content (AvgIpc) is 3.31. The van der Waals surface area contributed by atoms with Crippen LogP contribution in [0.4, 0.5) is 13.2 Å². The van der Waals surface area contributed by atoms with Gasteiger partial charge in [0.1, 0.15) is 22.6 Å². The van der Waals surface area contributed by atoms with Crippen molar-refractivity contribution in [3.05, 3.63) is 100 Å². The first-order valence-electron chi connectivity index (χ1n) is 11.9. The molecule has 1 N–H and O–H groups in total. The third-order valence-corrected chi connectivity index (χ3v) is 7.05. The highest BCUT2D eigenvalue weighted by molar-refractivity contribution is 7.15. The van der Waals surface area contributed by atoms with E-state index < -0.39 is 30.4 Å². The fraction of sp³-hybridized carbons (Fsp3) is 0.241. The zero-order valence-corrected chi connectivity index (χ0v) is 21.6.